The summed E-state index contributed by atoms with van der Waals surface area (Å²) < 4.78 is 4.99. The van der Waals surface area contributed by atoms with Gasteiger partial charge in [0.25, 0.3) is 0 Å². The molecule has 0 aromatic carbocycles. The van der Waals surface area contributed by atoms with Crippen LogP contribution in [0, 0.1) is 0 Å². The van der Waals surface area contributed by atoms with E-state index in [-0.39, 0.29) is 10.9 Å². The lowest BCUT2D eigenvalue weighted by Crippen LogP contribution is -1.86. The monoisotopic (exact) mass is 171 g/mol. The fraction of sp³-hybridized carbons (Fsp3) is 0.375. The second-order valence-electron chi connectivity index (χ2n) is 2.45. The molecule has 3 heteroatoms. The zero-order valence-electron chi connectivity index (χ0n) is 7.03. The number of hydrogen-bond acceptors (Lipinski definition) is 2. The Hall–Kier alpha value is -0.700. The Bertz CT molecular complexity index is 220. The van der Waals surface area contributed by atoms with Crippen molar-refractivity contribution in [3.63, 3.8) is 0 Å². The first-order valence-corrected chi connectivity index (χ1v) is 5.65. The summed E-state index contributed by atoms with van der Waals surface area (Å²) in [5.41, 5.74) is 0. The lowest BCUT2D eigenvalue weighted by Gasteiger charge is -2.07. The normalized spacial score (nSPS) is 11.0. The van der Waals surface area contributed by atoms with Gasteiger partial charge in [0, 0.05) is 0 Å². The summed E-state index contributed by atoms with van der Waals surface area (Å²) >= 11 is 0. The molecule has 0 saturated carbocycles. The highest BCUT2D eigenvalue weighted by Crippen LogP contribution is 2.26. The number of hydrogen-bond donors (Lipinski definition) is 1. The highest BCUT2D eigenvalue weighted by Gasteiger charge is 1.95. The van der Waals surface area contributed by atoms with Gasteiger partial charge in [0.1, 0.15) is 5.75 Å². The predicted molar refractivity (Wildman–Crippen MR) is 49.9 cm³/mol. The van der Waals surface area contributed by atoms with Crippen molar-refractivity contribution in [1.29, 1.82) is 0 Å². The quantitative estimate of drug-likeness (QED) is 0.684. The molecule has 1 heterocycles. The van der Waals surface area contributed by atoms with Crippen LogP contribution >= 0.6 is 10.9 Å². The Morgan fingerprint density at radius 1 is 1.36 bits per heavy atom. The van der Waals surface area contributed by atoms with E-state index in [4.69, 9.17) is 4.74 Å². The van der Waals surface area contributed by atoms with Gasteiger partial charge < -0.3 is 4.74 Å². The maximum atomic E-state index is 4.99. The molecule has 0 unspecified atom stereocenters. The third kappa shape index (κ3) is 2.12. The van der Waals surface area contributed by atoms with Crippen molar-refractivity contribution in [2.75, 3.05) is 19.6 Å². The summed E-state index contributed by atoms with van der Waals surface area (Å²) in [6, 6.07) is 3.97. The number of thiol groups is 1. The molecular formula is C8H13NOS. The highest BCUT2D eigenvalue weighted by atomic mass is 32.2. The van der Waals surface area contributed by atoms with Gasteiger partial charge in [0.15, 0.2) is 0 Å². The SMILES string of the molecule is COc1ccc([SH](C)C)nc1. The minimum Gasteiger partial charge on any atom is -0.495 e. The van der Waals surface area contributed by atoms with E-state index >= 15 is 0 Å². The van der Waals surface area contributed by atoms with Crippen molar-refractivity contribution in [2.24, 2.45) is 0 Å². The maximum absolute atomic E-state index is 4.99. The van der Waals surface area contributed by atoms with Crippen molar-refractivity contribution in [3.05, 3.63) is 18.3 Å². The third-order valence-electron chi connectivity index (χ3n) is 1.41. The lowest BCUT2D eigenvalue weighted by molar-refractivity contribution is 0.412. The second-order valence-corrected chi connectivity index (χ2v) is 4.70. The van der Waals surface area contributed by atoms with Crippen molar-refractivity contribution in [2.45, 2.75) is 5.03 Å². The van der Waals surface area contributed by atoms with Gasteiger partial charge in [0.05, 0.1) is 18.3 Å². The molecule has 1 aromatic rings. The fourth-order valence-electron chi connectivity index (χ4n) is 0.758. The maximum Gasteiger partial charge on any atom is 0.137 e. The number of methoxy groups -OCH3 is 1. The highest BCUT2D eigenvalue weighted by molar-refractivity contribution is 8.15. The first-order chi connectivity index (χ1) is 5.24. The third-order valence-corrected chi connectivity index (χ3v) is 2.60. The van der Waals surface area contributed by atoms with Crippen LogP contribution in [0.2, 0.25) is 0 Å². The number of ether oxygens (including phenoxy) is 1. The molecule has 0 aliphatic carbocycles. The summed E-state index contributed by atoms with van der Waals surface area (Å²) in [5, 5.41) is 1.17. The molecule has 11 heavy (non-hydrogen) atoms. The van der Waals surface area contributed by atoms with Crippen molar-refractivity contribution in [1.82, 2.24) is 4.98 Å². The molecular weight excluding hydrogens is 158 g/mol. The molecule has 0 N–H and O–H groups in total. The molecule has 62 valence electrons. The average molecular weight is 171 g/mol. The van der Waals surface area contributed by atoms with Crippen molar-refractivity contribution in [3.8, 4) is 5.75 Å². The van der Waals surface area contributed by atoms with Gasteiger partial charge in [-0.3, -0.25) is 0 Å². The Balaban J connectivity index is 2.83. The molecule has 0 amide bonds. The van der Waals surface area contributed by atoms with E-state index in [0.717, 1.165) is 5.75 Å². The van der Waals surface area contributed by atoms with Crippen LogP contribution < -0.4 is 4.74 Å². The van der Waals surface area contributed by atoms with E-state index in [1.54, 1.807) is 13.3 Å². The number of pyridine rings is 1. The first kappa shape index (κ1) is 8.40. The molecule has 0 saturated heterocycles. The van der Waals surface area contributed by atoms with E-state index in [1.165, 1.54) is 5.03 Å². The molecule has 0 aliphatic heterocycles. The van der Waals surface area contributed by atoms with Crippen LogP contribution in [-0.4, -0.2) is 24.6 Å². The minimum absolute atomic E-state index is 0.0796. The Morgan fingerprint density at radius 2 is 2.09 bits per heavy atom. The number of nitrogens with zero attached hydrogens (tertiary/aromatic N) is 1. The van der Waals surface area contributed by atoms with Crippen molar-refractivity contribution < 1.29 is 4.74 Å². The van der Waals surface area contributed by atoms with Gasteiger partial charge in [-0.2, -0.15) is 0 Å². The number of rotatable bonds is 2. The van der Waals surface area contributed by atoms with Crippen LogP contribution in [0.15, 0.2) is 23.4 Å². The second kappa shape index (κ2) is 3.62. The van der Waals surface area contributed by atoms with Crippen LogP contribution in [0.4, 0.5) is 0 Å². The van der Waals surface area contributed by atoms with Crippen LogP contribution in [0.3, 0.4) is 0 Å². The van der Waals surface area contributed by atoms with E-state index < -0.39 is 0 Å². The predicted octanol–water partition coefficient (Wildman–Crippen LogP) is 1.71. The molecule has 0 spiro atoms. The zero-order valence-corrected chi connectivity index (χ0v) is 7.93. The molecule has 0 atom stereocenters. The van der Waals surface area contributed by atoms with E-state index in [9.17, 15) is 0 Å². The largest absolute Gasteiger partial charge is 0.495 e. The van der Waals surface area contributed by atoms with E-state index in [0.29, 0.717) is 0 Å². The van der Waals surface area contributed by atoms with Gasteiger partial charge >= 0.3 is 0 Å². The summed E-state index contributed by atoms with van der Waals surface area (Å²) in [5.74, 6) is 0.825. The Morgan fingerprint density at radius 3 is 2.45 bits per heavy atom. The summed E-state index contributed by atoms with van der Waals surface area (Å²) in [6.07, 6.45) is 6.13. The van der Waals surface area contributed by atoms with Gasteiger partial charge in [-0.25, -0.2) is 15.9 Å². The van der Waals surface area contributed by atoms with Crippen LogP contribution in [0.5, 0.6) is 5.75 Å². The topological polar surface area (TPSA) is 22.1 Å². The molecule has 0 radical (unpaired) electrons. The van der Waals surface area contributed by atoms with Gasteiger partial charge in [-0.05, 0) is 24.6 Å². The molecule has 0 aliphatic rings. The van der Waals surface area contributed by atoms with Gasteiger partial charge in [-0.15, -0.1) is 0 Å². The van der Waals surface area contributed by atoms with Crippen LogP contribution in [0.1, 0.15) is 0 Å². The fourth-order valence-corrected chi connectivity index (χ4v) is 1.42. The van der Waals surface area contributed by atoms with E-state index in [2.05, 4.69) is 17.5 Å². The number of aromatic nitrogens is 1. The molecule has 2 nitrogen and oxygen atoms in total. The van der Waals surface area contributed by atoms with Gasteiger partial charge in [-0.1, -0.05) is 0 Å². The Labute approximate surface area is 70.0 Å². The van der Waals surface area contributed by atoms with Gasteiger partial charge in [0.2, 0.25) is 0 Å². The molecule has 0 fully saturated rings. The summed E-state index contributed by atoms with van der Waals surface area (Å²) in [7, 11) is 1.57. The molecule has 1 rings (SSSR count). The minimum atomic E-state index is -0.0796. The van der Waals surface area contributed by atoms with Crippen LogP contribution in [-0.2, 0) is 0 Å². The molecule has 1 aromatic heterocycles. The zero-order chi connectivity index (χ0) is 8.27. The Kier molecular flexibility index (Phi) is 2.76. The summed E-state index contributed by atoms with van der Waals surface area (Å²) in [4.78, 5) is 4.25. The first-order valence-electron chi connectivity index (χ1n) is 3.41. The average Bonchev–Trinajstić information content (AvgIpc) is 2.05. The standard InChI is InChI=1S/C8H13NOS/c1-10-7-4-5-8(9-6-7)11(2)3/h4-6,11H,1-3H3. The van der Waals surface area contributed by atoms with Crippen molar-refractivity contribution >= 4 is 10.9 Å². The molecule has 0 bridgehead atoms. The lowest BCUT2D eigenvalue weighted by atomic mass is 10.5. The smallest absolute Gasteiger partial charge is 0.137 e. The summed E-state index contributed by atoms with van der Waals surface area (Å²) in [6.45, 7) is 0. The van der Waals surface area contributed by atoms with E-state index in [1.807, 2.05) is 12.1 Å². The van der Waals surface area contributed by atoms with Crippen LogP contribution in [0.25, 0.3) is 0 Å².